The van der Waals surface area contributed by atoms with Crippen molar-refractivity contribution in [3.8, 4) is 0 Å². The van der Waals surface area contributed by atoms with E-state index in [4.69, 9.17) is 0 Å². The second kappa shape index (κ2) is 8.27. The van der Waals surface area contributed by atoms with Gasteiger partial charge < -0.3 is 9.88 Å². The van der Waals surface area contributed by atoms with Gasteiger partial charge in [-0.3, -0.25) is 4.79 Å². The fourth-order valence-corrected chi connectivity index (χ4v) is 4.75. The highest BCUT2D eigenvalue weighted by Crippen LogP contribution is 2.21. The first-order valence-corrected chi connectivity index (χ1v) is 11.3. The lowest BCUT2D eigenvalue weighted by Crippen LogP contribution is -2.23. The lowest BCUT2D eigenvalue weighted by Gasteiger charge is -2.08. The van der Waals surface area contributed by atoms with Crippen LogP contribution >= 0.6 is 15.9 Å². The molecule has 0 unspecified atom stereocenters. The number of benzene rings is 2. The van der Waals surface area contributed by atoms with Crippen molar-refractivity contribution in [1.29, 1.82) is 0 Å². The van der Waals surface area contributed by atoms with Gasteiger partial charge in [0.15, 0.2) is 9.84 Å². The van der Waals surface area contributed by atoms with Gasteiger partial charge in [-0.05, 0) is 48.4 Å². The first-order valence-electron chi connectivity index (χ1n) is 8.70. The number of carbonyl (C=O) groups excluding carboxylic acids is 1. The van der Waals surface area contributed by atoms with Crippen LogP contribution < -0.4 is 5.32 Å². The number of aryl methyl sites for hydroxylation is 1. The Morgan fingerprint density at radius 1 is 1.15 bits per heavy atom. The summed E-state index contributed by atoms with van der Waals surface area (Å²) in [5.41, 5.74) is 2.34. The number of nitrogens with zero attached hydrogens (tertiary/aromatic N) is 1. The highest BCUT2D eigenvalue weighted by molar-refractivity contribution is 9.10. The van der Waals surface area contributed by atoms with Crippen LogP contribution in [0.1, 0.15) is 18.9 Å². The average Bonchev–Trinajstić information content (AvgIpc) is 2.96. The molecule has 0 radical (unpaired) electrons. The predicted octanol–water partition coefficient (Wildman–Crippen LogP) is 4.37. The van der Waals surface area contributed by atoms with Crippen molar-refractivity contribution in [1.82, 2.24) is 4.57 Å². The molecule has 1 N–H and O–H groups in total. The highest BCUT2D eigenvalue weighted by atomic mass is 79.9. The van der Waals surface area contributed by atoms with Crippen LogP contribution in [0, 0.1) is 0 Å². The van der Waals surface area contributed by atoms with Crippen molar-refractivity contribution >= 4 is 48.3 Å². The largest absolute Gasteiger partial charge is 0.347 e. The second-order valence-corrected chi connectivity index (χ2v) is 9.47. The molecule has 0 atom stereocenters. The summed E-state index contributed by atoms with van der Waals surface area (Å²) in [6.07, 6.45) is 3.06. The summed E-state index contributed by atoms with van der Waals surface area (Å²) >= 11 is 3.32. The van der Waals surface area contributed by atoms with Crippen molar-refractivity contribution in [3.05, 3.63) is 64.8 Å². The molecule has 0 aliphatic carbocycles. The van der Waals surface area contributed by atoms with Gasteiger partial charge in [0.2, 0.25) is 5.91 Å². The van der Waals surface area contributed by atoms with Gasteiger partial charge in [0.25, 0.3) is 0 Å². The molecular formula is C20H21BrN2O3S. The highest BCUT2D eigenvalue weighted by Gasteiger charge is 2.18. The van der Waals surface area contributed by atoms with Gasteiger partial charge in [-0.1, -0.05) is 35.0 Å². The van der Waals surface area contributed by atoms with E-state index in [1.165, 1.54) is 0 Å². The van der Waals surface area contributed by atoms with Crippen LogP contribution in [0.5, 0.6) is 0 Å². The second-order valence-electron chi connectivity index (χ2n) is 6.49. The summed E-state index contributed by atoms with van der Waals surface area (Å²) in [5, 5.41) is 3.70. The fraction of sp³-hybridized carbons (Fsp3) is 0.250. The Morgan fingerprint density at radius 3 is 2.70 bits per heavy atom. The number of carbonyl (C=O) groups is 1. The summed E-state index contributed by atoms with van der Waals surface area (Å²) in [6.45, 7) is 3.05. The molecule has 0 saturated carbocycles. The molecule has 27 heavy (non-hydrogen) atoms. The summed E-state index contributed by atoms with van der Waals surface area (Å²) in [5.74, 6) is -1.25. The zero-order valence-electron chi connectivity index (χ0n) is 15.0. The summed E-state index contributed by atoms with van der Waals surface area (Å²) in [4.78, 5) is 12.2. The van der Waals surface area contributed by atoms with Gasteiger partial charge in [0, 0.05) is 33.8 Å². The molecule has 0 bridgehead atoms. The Kier molecular flexibility index (Phi) is 6.01. The fourth-order valence-electron chi connectivity index (χ4n) is 3.04. The summed E-state index contributed by atoms with van der Waals surface area (Å²) in [6, 6.07) is 14.7. The third kappa shape index (κ3) is 5.20. The van der Waals surface area contributed by atoms with Crippen molar-refractivity contribution in [2.45, 2.75) is 25.6 Å². The maximum absolute atomic E-state index is 12.3. The summed E-state index contributed by atoms with van der Waals surface area (Å²) < 4.78 is 27.6. The van der Waals surface area contributed by atoms with Crippen molar-refractivity contribution in [2.24, 2.45) is 0 Å². The molecule has 1 heterocycles. The SMILES string of the molecule is CCCn1ccc2cc(NC(=O)CS(=O)(=O)Cc3cccc(Br)c3)ccc21. The predicted molar refractivity (Wildman–Crippen MR) is 112 cm³/mol. The van der Waals surface area contributed by atoms with E-state index in [0.717, 1.165) is 28.3 Å². The summed E-state index contributed by atoms with van der Waals surface area (Å²) in [7, 11) is -3.55. The molecule has 142 valence electrons. The van der Waals surface area contributed by atoms with Gasteiger partial charge >= 0.3 is 0 Å². The quantitative estimate of drug-likeness (QED) is 0.583. The molecule has 0 spiro atoms. The van der Waals surface area contributed by atoms with E-state index in [1.54, 1.807) is 24.3 Å². The number of sulfone groups is 1. The van der Waals surface area contributed by atoms with E-state index in [-0.39, 0.29) is 5.75 Å². The topological polar surface area (TPSA) is 68.2 Å². The first kappa shape index (κ1) is 19.6. The molecule has 5 nitrogen and oxygen atoms in total. The van der Waals surface area contributed by atoms with Crippen LogP contribution in [0.4, 0.5) is 5.69 Å². The molecule has 7 heteroatoms. The number of rotatable bonds is 7. The molecule has 1 aromatic heterocycles. The third-order valence-corrected chi connectivity index (χ3v) is 6.11. The van der Waals surface area contributed by atoms with Crippen LogP contribution in [0.2, 0.25) is 0 Å². The molecule has 0 fully saturated rings. The van der Waals surface area contributed by atoms with E-state index < -0.39 is 21.5 Å². The van der Waals surface area contributed by atoms with Gasteiger partial charge in [-0.2, -0.15) is 0 Å². The van der Waals surface area contributed by atoms with Crippen molar-refractivity contribution < 1.29 is 13.2 Å². The molecule has 0 aliphatic rings. The standard InChI is InChI=1S/C20H21BrN2O3S/c1-2-9-23-10-8-16-12-18(6-7-19(16)23)22-20(24)14-27(25,26)13-15-4-3-5-17(21)11-15/h3-8,10-12H,2,9,13-14H2,1H3,(H,22,24). The molecule has 3 aromatic rings. The minimum Gasteiger partial charge on any atom is -0.347 e. The minimum atomic E-state index is -3.55. The molecule has 0 saturated heterocycles. The van der Waals surface area contributed by atoms with Crippen LogP contribution in [0.25, 0.3) is 10.9 Å². The normalized spacial score (nSPS) is 11.6. The van der Waals surface area contributed by atoms with E-state index in [0.29, 0.717) is 11.3 Å². The molecule has 1 amide bonds. The third-order valence-electron chi connectivity index (χ3n) is 4.15. The van der Waals surface area contributed by atoms with Gasteiger partial charge in [0.05, 0.1) is 5.75 Å². The monoisotopic (exact) mass is 448 g/mol. The lowest BCUT2D eigenvalue weighted by atomic mass is 10.2. The van der Waals surface area contributed by atoms with E-state index in [9.17, 15) is 13.2 Å². The Morgan fingerprint density at radius 2 is 1.96 bits per heavy atom. The number of hydrogen-bond acceptors (Lipinski definition) is 3. The number of aromatic nitrogens is 1. The maximum atomic E-state index is 12.3. The van der Waals surface area contributed by atoms with Crippen LogP contribution in [-0.2, 0) is 26.9 Å². The molecule has 0 aliphatic heterocycles. The molecule has 2 aromatic carbocycles. The maximum Gasteiger partial charge on any atom is 0.239 e. The van der Waals surface area contributed by atoms with Crippen LogP contribution in [-0.4, -0.2) is 24.6 Å². The van der Waals surface area contributed by atoms with E-state index in [1.807, 2.05) is 30.5 Å². The molecule has 3 rings (SSSR count). The van der Waals surface area contributed by atoms with Gasteiger partial charge in [-0.15, -0.1) is 0 Å². The smallest absolute Gasteiger partial charge is 0.239 e. The Bertz CT molecular complexity index is 1070. The Balaban J connectivity index is 1.67. The number of hydrogen-bond donors (Lipinski definition) is 1. The Hall–Kier alpha value is -2.12. The van der Waals surface area contributed by atoms with Gasteiger partial charge in [0.1, 0.15) is 5.75 Å². The van der Waals surface area contributed by atoms with E-state index in [2.05, 4.69) is 32.7 Å². The van der Waals surface area contributed by atoms with Crippen LogP contribution in [0.15, 0.2) is 59.2 Å². The average molecular weight is 449 g/mol. The Labute approximate surface area is 167 Å². The number of halogens is 1. The van der Waals surface area contributed by atoms with Gasteiger partial charge in [-0.25, -0.2) is 8.42 Å². The van der Waals surface area contributed by atoms with Crippen LogP contribution in [0.3, 0.4) is 0 Å². The lowest BCUT2D eigenvalue weighted by molar-refractivity contribution is -0.113. The minimum absolute atomic E-state index is 0.168. The number of fused-ring (bicyclic) bond motifs is 1. The van der Waals surface area contributed by atoms with Crippen molar-refractivity contribution in [2.75, 3.05) is 11.1 Å². The molecular weight excluding hydrogens is 428 g/mol. The first-order chi connectivity index (χ1) is 12.9. The van der Waals surface area contributed by atoms with Crippen molar-refractivity contribution in [3.63, 3.8) is 0 Å². The number of amides is 1. The number of nitrogens with one attached hydrogen (secondary N) is 1. The van der Waals surface area contributed by atoms with E-state index >= 15 is 0 Å². The zero-order chi connectivity index (χ0) is 19.4. The number of anilines is 1. The zero-order valence-corrected chi connectivity index (χ0v) is 17.4.